The fraction of sp³-hybridized carbons (Fsp3) is 0.833. The Morgan fingerprint density at radius 1 is 1.41 bits per heavy atom. The van der Waals surface area contributed by atoms with Gasteiger partial charge in [0, 0.05) is 13.0 Å². The summed E-state index contributed by atoms with van der Waals surface area (Å²) in [5, 5.41) is 9.05. The summed E-state index contributed by atoms with van der Waals surface area (Å²) < 4.78 is 5.24. The molecule has 98 valence electrons. The summed E-state index contributed by atoms with van der Waals surface area (Å²) >= 11 is 0. The van der Waals surface area contributed by atoms with Crippen LogP contribution in [0.1, 0.15) is 39.5 Å². The molecule has 1 atom stereocenters. The van der Waals surface area contributed by atoms with Crippen molar-refractivity contribution in [1.82, 2.24) is 4.90 Å². The molecule has 5 nitrogen and oxygen atoms in total. The molecule has 1 amide bonds. The Morgan fingerprint density at radius 3 is 2.71 bits per heavy atom. The minimum absolute atomic E-state index is 0.0363. The van der Waals surface area contributed by atoms with Crippen molar-refractivity contribution in [3.63, 3.8) is 0 Å². The number of morpholine rings is 1. The van der Waals surface area contributed by atoms with Gasteiger partial charge in [-0.25, -0.2) is 4.79 Å². The molecule has 0 bridgehead atoms. The molecular formula is C12H21NO4. The lowest BCUT2D eigenvalue weighted by Gasteiger charge is -2.37. The number of nitrogens with zero attached hydrogens (tertiary/aromatic N) is 1. The first-order chi connectivity index (χ1) is 7.99. The maximum atomic E-state index is 11.9. The lowest BCUT2D eigenvalue weighted by atomic mass is 10.0. The zero-order valence-corrected chi connectivity index (χ0v) is 10.6. The zero-order valence-electron chi connectivity index (χ0n) is 10.6. The minimum Gasteiger partial charge on any atom is -0.479 e. The Morgan fingerprint density at radius 2 is 2.12 bits per heavy atom. The fourth-order valence-corrected chi connectivity index (χ4v) is 1.90. The van der Waals surface area contributed by atoms with Gasteiger partial charge in [-0.05, 0) is 13.3 Å². The van der Waals surface area contributed by atoms with E-state index in [0.29, 0.717) is 19.6 Å². The van der Waals surface area contributed by atoms with E-state index in [9.17, 15) is 9.59 Å². The van der Waals surface area contributed by atoms with E-state index in [-0.39, 0.29) is 12.5 Å². The van der Waals surface area contributed by atoms with Gasteiger partial charge in [0.2, 0.25) is 5.91 Å². The molecule has 0 radical (unpaired) electrons. The van der Waals surface area contributed by atoms with Crippen LogP contribution in [0.2, 0.25) is 0 Å². The first-order valence-electron chi connectivity index (χ1n) is 6.14. The summed E-state index contributed by atoms with van der Waals surface area (Å²) in [6.07, 6.45) is 3.48. The third-order valence-corrected chi connectivity index (χ3v) is 3.07. The maximum absolute atomic E-state index is 11.9. The Labute approximate surface area is 102 Å². The summed E-state index contributed by atoms with van der Waals surface area (Å²) in [4.78, 5) is 24.5. The van der Waals surface area contributed by atoms with Crippen LogP contribution in [-0.4, -0.2) is 47.2 Å². The molecule has 1 saturated heterocycles. The molecule has 17 heavy (non-hydrogen) atoms. The Hall–Kier alpha value is -1.10. The van der Waals surface area contributed by atoms with Crippen LogP contribution in [0, 0.1) is 0 Å². The van der Waals surface area contributed by atoms with E-state index >= 15 is 0 Å². The molecule has 0 aromatic heterocycles. The van der Waals surface area contributed by atoms with Crippen LogP contribution in [0.3, 0.4) is 0 Å². The second-order valence-electron chi connectivity index (χ2n) is 4.66. The first kappa shape index (κ1) is 14.0. The lowest BCUT2D eigenvalue weighted by Crippen LogP contribution is -2.56. The third kappa shape index (κ3) is 3.70. The normalized spacial score (nSPS) is 24.7. The number of amides is 1. The number of aliphatic carboxylic acids is 1. The predicted octanol–water partition coefficient (Wildman–Crippen LogP) is 1.27. The fourth-order valence-electron chi connectivity index (χ4n) is 1.90. The van der Waals surface area contributed by atoms with Gasteiger partial charge in [-0.3, -0.25) is 4.79 Å². The van der Waals surface area contributed by atoms with E-state index in [2.05, 4.69) is 6.92 Å². The van der Waals surface area contributed by atoms with Gasteiger partial charge >= 0.3 is 5.97 Å². The average molecular weight is 243 g/mol. The van der Waals surface area contributed by atoms with E-state index in [4.69, 9.17) is 9.84 Å². The van der Waals surface area contributed by atoms with Crippen LogP contribution in [0.25, 0.3) is 0 Å². The van der Waals surface area contributed by atoms with Gasteiger partial charge in [-0.1, -0.05) is 19.8 Å². The Balaban J connectivity index is 2.49. The van der Waals surface area contributed by atoms with Crippen LogP contribution >= 0.6 is 0 Å². The molecule has 0 aromatic rings. The SMILES string of the molecule is CCCCCC(=O)N1CCOC(C)(C(=O)O)C1. The van der Waals surface area contributed by atoms with Gasteiger partial charge in [0.25, 0.3) is 0 Å². The highest BCUT2D eigenvalue weighted by Gasteiger charge is 2.40. The Bertz CT molecular complexity index is 292. The van der Waals surface area contributed by atoms with Crippen LogP contribution in [-0.2, 0) is 14.3 Å². The summed E-state index contributed by atoms with van der Waals surface area (Å²) in [7, 11) is 0. The molecule has 0 aliphatic carbocycles. The largest absolute Gasteiger partial charge is 0.479 e. The van der Waals surface area contributed by atoms with Crippen molar-refractivity contribution in [2.45, 2.75) is 45.1 Å². The third-order valence-electron chi connectivity index (χ3n) is 3.07. The Kier molecular flexibility index (Phi) is 4.93. The molecule has 1 rings (SSSR count). The van der Waals surface area contributed by atoms with Crippen LogP contribution in [0.5, 0.6) is 0 Å². The number of unbranched alkanes of at least 4 members (excludes halogenated alkanes) is 2. The maximum Gasteiger partial charge on any atom is 0.337 e. The van der Waals surface area contributed by atoms with Crippen molar-refractivity contribution >= 4 is 11.9 Å². The first-order valence-corrected chi connectivity index (χ1v) is 6.14. The van der Waals surface area contributed by atoms with Crippen LogP contribution in [0.15, 0.2) is 0 Å². The molecule has 1 aliphatic heterocycles. The smallest absolute Gasteiger partial charge is 0.337 e. The van der Waals surface area contributed by atoms with Crippen molar-refractivity contribution in [3.8, 4) is 0 Å². The molecular weight excluding hydrogens is 222 g/mol. The molecule has 5 heteroatoms. The highest BCUT2D eigenvalue weighted by molar-refractivity contribution is 5.81. The lowest BCUT2D eigenvalue weighted by molar-refractivity contribution is -0.177. The molecule has 1 N–H and O–H groups in total. The molecule has 0 saturated carbocycles. The molecule has 1 unspecified atom stereocenters. The second kappa shape index (κ2) is 6.00. The zero-order chi connectivity index (χ0) is 12.9. The predicted molar refractivity (Wildman–Crippen MR) is 62.7 cm³/mol. The number of ether oxygens (including phenoxy) is 1. The summed E-state index contributed by atoms with van der Waals surface area (Å²) in [6.45, 7) is 4.53. The summed E-state index contributed by atoms with van der Waals surface area (Å²) in [5.41, 5.74) is -1.25. The van der Waals surface area contributed by atoms with Gasteiger partial charge in [-0.15, -0.1) is 0 Å². The minimum atomic E-state index is -1.25. The second-order valence-corrected chi connectivity index (χ2v) is 4.66. The van der Waals surface area contributed by atoms with Gasteiger partial charge in [0.1, 0.15) is 0 Å². The van der Waals surface area contributed by atoms with Crippen LogP contribution < -0.4 is 0 Å². The number of carboxylic acids is 1. The van der Waals surface area contributed by atoms with E-state index in [1.807, 2.05) is 0 Å². The van der Waals surface area contributed by atoms with Crippen molar-refractivity contribution < 1.29 is 19.4 Å². The van der Waals surface area contributed by atoms with Crippen molar-refractivity contribution in [2.75, 3.05) is 19.7 Å². The van der Waals surface area contributed by atoms with E-state index in [0.717, 1.165) is 19.3 Å². The van der Waals surface area contributed by atoms with Crippen molar-refractivity contribution in [2.24, 2.45) is 0 Å². The van der Waals surface area contributed by atoms with Crippen molar-refractivity contribution in [3.05, 3.63) is 0 Å². The monoisotopic (exact) mass is 243 g/mol. The average Bonchev–Trinajstić information content (AvgIpc) is 2.29. The quantitative estimate of drug-likeness (QED) is 0.738. The highest BCUT2D eigenvalue weighted by atomic mass is 16.5. The van der Waals surface area contributed by atoms with Crippen molar-refractivity contribution in [1.29, 1.82) is 0 Å². The highest BCUT2D eigenvalue weighted by Crippen LogP contribution is 2.19. The number of carboxylic acid groups (broad SMARTS) is 1. The number of carbonyl (C=O) groups is 2. The van der Waals surface area contributed by atoms with Gasteiger partial charge < -0.3 is 14.7 Å². The number of hydrogen-bond acceptors (Lipinski definition) is 3. The number of rotatable bonds is 5. The summed E-state index contributed by atoms with van der Waals surface area (Å²) in [6, 6.07) is 0. The van der Waals surface area contributed by atoms with Gasteiger partial charge in [0.15, 0.2) is 5.60 Å². The summed E-state index contributed by atoms with van der Waals surface area (Å²) in [5.74, 6) is -0.974. The standard InChI is InChI=1S/C12H21NO4/c1-3-4-5-6-10(14)13-7-8-17-12(2,9-13)11(15)16/h3-9H2,1-2H3,(H,15,16). The molecule has 0 aromatic carbocycles. The molecule has 1 aliphatic rings. The van der Waals surface area contributed by atoms with Gasteiger partial charge in [-0.2, -0.15) is 0 Å². The van der Waals surface area contributed by atoms with E-state index < -0.39 is 11.6 Å². The molecule has 1 heterocycles. The van der Waals surface area contributed by atoms with Crippen LogP contribution in [0.4, 0.5) is 0 Å². The topological polar surface area (TPSA) is 66.8 Å². The number of hydrogen-bond donors (Lipinski definition) is 1. The van der Waals surface area contributed by atoms with E-state index in [1.165, 1.54) is 6.92 Å². The van der Waals surface area contributed by atoms with E-state index in [1.54, 1.807) is 4.90 Å². The molecule has 0 spiro atoms. The molecule has 1 fully saturated rings. The number of carbonyl (C=O) groups excluding carboxylic acids is 1. The van der Waals surface area contributed by atoms with Gasteiger partial charge in [0.05, 0.1) is 13.2 Å².